The number of anilines is 1. The second-order valence-electron chi connectivity index (χ2n) is 6.78. The molecule has 0 radical (unpaired) electrons. The number of amides is 2. The van der Waals surface area contributed by atoms with Gasteiger partial charge in [-0.1, -0.05) is 29.3 Å². The van der Waals surface area contributed by atoms with Crippen LogP contribution in [0.3, 0.4) is 0 Å². The lowest BCUT2D eigenvalue weighted by molar-refractivity contribution is -0.115. The van der Waals surface area contributed by atoms with Crippen molar-refractivity contribution < 1.29 is 9.59 Å². The van der Waals surface area contributed by atoms with E-state index in [-0.39, 0.29) is 18.4 Å². The lowest BCUT2D eigenvalue weighted by Gasteiger charge is -2.13. The largest absolute Gasteiger partial charge is 0.351 e. The van der Waals surface area contributed by atoms with Crippen molar-refractivity contribution in [3.05, 3.63) is 64.3 Å². The molecule has 3 aromatic rings. The van der Waals surface area contributed by atoms with Crippen molar-refractivity contribution in [1.29, 1.82) is 0 Å². The number of aromatic amines is 1. The number of nitrogens with one attached hydrogen (secondary N) is 3. The number of fused-ring (bicyclic) bond motifs is 1. The summed E-state index contributed by atoms with van der Waals surface area (Å²) in [7, 11) is 0. The van der Waals surface area contributed by atoms with Crippen molar-refractivity contribution in [2.75, 3.05) is 11.9 Å². The summed E-state index contributed by atoms with van der Waals surface area (Å²) in [6.45, 7) is 7.86. The second kappa shape index (κ2) is 7.04. The van der Waals surface area contributed by atoms with E-state index in [1.165, 1.54) is 0 Å². The van der Waals surface area contributed by atoms with Gasteiger partial charge in [0.1, 0.15) is 5.69 Å². The van der Waals surface area contributed by atoms with Crippen molar-refractivity contribution in [3.63, 3.8) is 0 Å². The number of aryl methyl sites for hydroxylation is 4. The fourth-order valence-corrected chi connectivity index (χ4v) is 3.19. The topological polar surface area (TPSA) is 74.0 Å². The average Bonchev–Trinajstić information content (AvgIpc) is 2.99. The van der Waals surface area contributed by atoms with Gasteiger partial charge in [0.2, 0.25) is 5.91 Å². The molecule has 5 heteroatoms. The van der Waals surface area contributed by atoms with Crippen LogP contribution in [0.25, 0.3) is 10.9 Å². The number of carbonyl (C=O) groups excluding carboxylic acids is 2. The molecule has 0 aliphatic rings. The van der Waals surface area contributed by atoms with E-state index >= 15 is 0 Å². The highest BCUT2D eigenvalue weighted by Crippen LogP contribution is 2.21. The van der Waals surface area contributed by atoms with Gasteiger partial charge in [-0.3, -0.25) is 9.59 Å². The third-order valence-electron chi connectivity index (χ3n) is 4.37. The zero-order valence-corrected chi connectivity index (χ0v) is 15.5. The van der Waals surface area contributed by atoms with Gasteiger partial charge in [-0.15, -0.1) is 0 Å². The van der Waals surface area contributed by atoms with E-state index in [1.807, 2.05) is 58.0 Å². The Morgan fingerprint density at radius 2 is 1.62 bits per heavy atom. The van der Waals surface area contributed by atoms with E-state index in [4.69, 9.17) is 0 Å². The highest BCUT2D eigenvalue weighted by atomic mass is 16.2. The average molecular weight is 349 g/mol. The highest BCUT2D eigenvalue weighted by molar-refractivity contribution is 6.01. The van der Waals surface area contributed by atoms with Gasteiger partial charge < -0.3 is 15.6 Å². The van der Waals surface area contributed by atoms with Crippen molar-refractivity contribution in [2.45, 2.75) is 27.7 Å². The molecule has 0 aliphatic carbocycles. The molecule has 134 valence electrons. The van der Waals surface area contributed by atoms with E-state index < -0.39 is 0 Å². The smallest absolute Gasteiger partial charge is 0.268 e. The highest BCUT2D eigenvalue weighted by Gasteiger charge is 2.13. The van der Waals surface area contributed by atoms with Gasteiger partial charge in [0.25, 0.3) is 5.91 Å². The van der Waals surface area contributed by atoms with Crippen LogP contribution in [-0.4, -0.2) is 23.3 Å². The third-order valence-corrected chi connectivity index (χ3v) is 4.37. The summed E-state index contributed by atoms with van der Waals surface area (Å²) in [6, 6.07) is 11.8. The number of carbonyl (C=O) groups is 2. The summed E-state index contributed by atoms with van der Waals surface area (Å²) in [6.07, 6.45) is 0. The fourth-order valence-electron chi connectivity index (χ4n) is 3.19. The van der Waals surface area contributed by atoms with Gasteiger partial charge in [-0.05, 0) is 57.0 Å². The molecule has 0 aliphatic heterocycles. The maximum atomic E-state index is 12.3. The molecule has 26 heavy (non-hydrogen) atoms. The number of aromatic nitrogens is 1. The molecule has 2 amide bonds. The van der Waals surface area contributed by atoms with Gasteiger partial charge in [0.05, 0.1) is 6.54 Å². The van der Waals surface area contributed by atoms with Gasteiger partial charge in [0, 0.05) is 16.6 Å². The van der Waals surface area contributed by atoms with Crippen molar-refractivity contribution in [3.8, 4) is 0 Å². The molecule has 0 unspecified atom stereocenters. The van der Waals surface area contributed by atoms with Crippen molar-refractivity contribution in [1.82, 2.24) is 10.3 Å². The number of hydrogen-bond acceptors (Lipinski definition) is 2. The molecular weight excluding hydrogens is 326 g/mol. The minimum atomic E-state index is -0.300. The minimum absolute atomic E-state index is 0.0834. The van der Waals surface area contributed by atoms with Gasteiger partial charge in [0.15, 0.2) is 0 Å². The predicted octanol–water partition coefficient (Wildman–Crippen LogP) is 3.77. The van der Waals surface area contributed by atoms with Crippen molar-refractivity contribution in [2.24, 2.45) is 0 Å². The quantitative estimate of drug-likeness (QED) is 0.671. The molecule has 0 atom stereocenters. The lowest BCUT2D eigenvalue weighted by Crippen LogP contribution is -2.33. The van der Waals surface area contributed by atoms with Gasteiger partial charge >= 0.3 is 0 Å². The van der Waals surface area contributed by atoms with Crippen molar-refractivity contribution >= 4 is 28.4 Å². The van der Waals surface area contributed by atoms with Gasteiger partial charge in [-0.25, -0.2) is 0 Å². The Morgan fingerprint density at radius 3 is 2.31 bits per heavy atom. The maximum Gasteiger partial charge on any atom is 0.268 e. The summed E-state index contributed by atoms with van der Waals surface area (Å²) in [5.41, 5.74) is 6.45. The number of H-pyrrole nitrogens is 1. The molecule has 3 rings (SSSR count). The predicted molar refractivity (Wildman–Crippen MR) is 105 cm³/mol. The lowest BCUT2D eigenvalue weighted by atomic mass is 10.1. The molecule has 2 aromatic carbocycles. The van der Waals surface area contributed by atoms with E-state index in [9.17, 15) is 9.59 Å². The Hall–Kier alpha value is -3.08. The minimum Gasteiger partial charge on any atom is -0.351 e. The van der Waals surface area contributed by atoms with Crippen LogP contribution < -0.4 is 10.6 Å². The Kier molecular flexibility index (Phi) is 4.80. The van der Waals surface area contributed by atoms with E-state index in [2.05, 4.69) is 15.6 Å². The zero-order valence-electron chi connectivity index (χ0n) is 15.5. The number of rotatable bonds is 4. The Labute approximate surface area is 152 Å². The summed E-state index contributed by atoms with van der Waals surface area (Å²) in [5, 5.41) is 6.52. The zero-order chi connectivity index (χ0) is 18.8. The first-order valence-electron chi connectivity index (χ1n) is 8.59. The van der Waals surface area contributed by atoms with Crippen LogP contribution in [0.2, 0.25) is 0 Å². The first-order chi connectivity index (χ1) is 12.3. The first-order valence-corrected chi connectivity index (χ1v) is 8.59. The van der Waals surface area contributed by atoms with E-state index in [1.54, 1.807) is 6.07 Å². The van der Waals surface area contributed by atoms with Crippen LogP contribution in [0.5, 0.6) is 0 Å². The molecule has 1 aromatic heterocycles. The third kappa shape index (κ3) is 3.77. The molecular formula is C21H23N3O2. The summed E-state index contributed by atoms with van der Waals surface area (Å²) in [5.74, 6) is -0.549. The van der Waals surface area contributed by atoms with E-state index in [0.29, 0.717) is 5.69 Å². The summed E-state index contributed by atoms with van der Waals surface area (Å²) < 4.78 is 0. The molecule has 1 heterocycles. The Morgan fingerprint density at radius 1 is 0.923 bits per heavy atom. The SMILES string of the molecule is Cc1cc(C)c(NC(=O)CNC(=O)c2cc3cc(C)ccc3[nH]2)c(C)c1. The van der Waals surface area contributed by atoms with Gasteiger partial charge in [-0.2, -0.15) is 0 Å². The molecule has 0 bridgehead atoms. The normalized spacial score (nSPS) is 10.8. The molecule has 0 saturated heterocycles. The fraction of sp³-hybridized carbons (Fsp3) is 0.238. The van der Waals surface area contributed by atoms with Crippen LogP contribution in [0, 0.1) is 27.7 Å². The van der Waals surface area contributed by atoms with Crippen LogP contribution in [0.1, 0.15) is 32.7 Å². The second-order valence-corrected chi connectivity index (χ2v) is 6.78. The molecule has 0 saturated carbocycles. The number of benzene rings is 2. The van der Waals surface area contributed by atoms with Crippen LogP contribution in [0.15, 0.2) is 36.4 Å². The first kappa shape index (κ1) is 17.7. The standard InChI is InChI=1S/C21H23N3O2/c1-12-5-6-17-16(9-12)10-18(23-17)21(26)22-11-19(25)24-20-14(3)7-13(2)8-15(20)4/h5-10,23H,11H2,1-4H3,(H,22,26)(H,24,25). The molecule has 5 nitrogen and oxygen atoms in total. The molecule has 0 spiro atoms. The monoisotopic (exact) mass is 349 g/mol. The number of hydrogen-bond donors (Lipinski definition) is 3. The van der Waals surface area contributed by atoms with E-state index in [0.717, 1.165) is 38.8 Å². The summed E-state index contributed by atoms with van der Waals surface area (Å²) >= 11 is 0. The Balaban J connectivity index is 1.64. The molecule has 0 fully saturated rings. The molecule has 3 N–H and O–H groups in total. The maximum absolute atomic E-state index is 12.3. The van der Waals surface area contributed by atoms with Crippen LogP contribution >= 0.6 is 0 Å². The van der Waals surface area contributed by atoms with Crippen LogP contribution in [-0.2, 0) is 4.79 Å². The summed E-state index contributed by atoms with van der Waals surface area (Å²) in [4.78, 5) is 27.6. The Bertz CT molecular complexity index is 979. The van der Waals surface area contributed by atoms with Crippen LogP contribution in [0.4, 0.5) is 5.69 Å².